The van der Waals surface area contributed by atoms with Gasteiger partial charge in [-0.25, -0.2) is 4.79 Å². The Kier molecular flexibility index (Phi) is 25.1. The molecule has 1 aliphatic rings. The highest BCUT2D eigenvalue weighted by molar-refractivity contribution is 8.03. The average molecular weight is 805 g/mol. The molecular weight excluding hydrogens is 729 g/mol. The van der Waals surface area contributed by atoms with Crippen molar-refractivity contribution in [1.29, 1.82) is 1.28 Å². The minimum Gasteiger partial charge on any atom is -0.381 e. The van der Waals surface area contributed by atoms with Crippen LogP contribution in [0.4, 0.5) is 4.79 Å². The summed E-state index contributed by atoms with van der Waals surface area (Å²) in [7, 11) is -0.914. The third-order valence-corrected chi connectivity index (χ3v) is 11.8. The number of carbonyl (C=O) groups excluding carboxylic acids is 5. The van der Waals surface area contributed by atoms with Crippen LogP contribution in [0.25, 0.3) is 0 Å². The van der Waals surface area contributed by atoms with Crippen LogP contribution in [0.2, 0.25) is 0 Å². The lowest BCUT2D eigenvalue weighted by atomic mass is 9.61. The molecule has 14 heteroatoms. The van der Waals surface area contributed by atoms with Crippen LogP contribution in [0.5, 0.6) is 0 Å². The van der Waals surface area contributed by atoms with E-state index in [4.69, 9.17) is 20.2 Å². The van der Waals surface area contributed by atoms with Gasteiger partial charge < -0.3 is 34.9 Å². The second-order valence-corrected chi connectivity index (χ2v) is 19.0. The molecule has 0 radical (unpaired) electrons. The highest BCUT2D eigenvalue weighted by atomic mass is 32.2. The van der Waals surface area contributed by atoms with Crippen LogP contribution in [0.15, 0.2) is 0 Å². The third-order valence-electron chi connectivity index (χ3n) is 9.30. The Bertz CT molecular complexity index is 1170. The number of hydrogen-bond donors (Lipinski definition) is 3. The minimum atomic E-state index is -0.914. The Hall–Kier alpha value is -1.63. The normalized spacial score (nSPS) is 21.2. The number of thioether (sulfide) groups is 1. The molecule has 0 saturated heterocycles. The molecule has 3 N–H and O–H groups in total. The molecule has 12 nitrogen and oxygen atoms in total. The van der Waals surface area contributed by atoms with Gasteiger partial charge in [-0.2, -0.15) is 11.8 Å². The number of urea groups is 1. The molecule has 7 unspecified atom stereocenters. The molecule has 0 spiro atoms. The molecule has 54 heavy (non-hydrogen) atoms. The van der Waals surface area contributed by atoms with E-state index in [-0.39, 0.29) is 71.6 Å². The molecule has 0 bridgehead atoms. The summed E-state index contributed by atoms with van der Waals surface area (Å²) >= 11 is 1.65. The van der Waals surface area contributed by atoms with Gasteiger partial charge in [0.1, 0.15) is 11.6 Å². The van der Waals surface area contributed by atoms with Crippen LogP contribution in [0.1, 0.15) is 120 Å². The first kappa shape index (κ1) is 48.5. The predicted octanol–water partition coefficient (Wildman–Crippen LogP) is 6.31. The Morgan fingerprint density at radius 2 is 1.56 bits per heavy atom. The van der Waals surface area contributed by atoms with Crippen molar-refractivity contribution in [2.45, 2.75) is 144 Å². The Balaban J connectivity index is 2.28. The monoisotopic (exact) mass is 804 g/mol. The zero-order valence-electron chi connectivity index (χ0n) is 35.9. The SMILES string of the molecule is [2H]P(CCC(=O)CC)CSCCC(=O)CCC1(C)CC(NC(=O)NC(C)COCC(C)OCCOCC(C)NC(=O)C(=O)CC(C)COCC)CC(C)(C)C1. The molecule has 0 heterocycles. The summed E-state index contributed by atoms with van der Waals surface area (Å²) in [5, 5.41) is 8.85. The molecule has 1 saturated carbocycles. The van der Waals surface area contributed by atoms with Gasteiger partial charge in [-0.15, -0.1) is 8.53 Å². The summed E-state index contributed by atoms with van der Waals surface area (Å²) in [6, 6.07) is -0.757. The second-order valence-electron chi connectivity index (χ2n) is 16.3. The van der Waals surface area contributed by atoms with E-state index in [1.165, 1.54) is 0 Å². The van der Waals surface area contributed by atoms with Crippen molar-refractivity contribution in [3.05, 3.63) is 0 Å². The van der Waals surface area contributed by atoms with Crippen molar-refractivity contribution in [1.82, 2.24) is 16.0 Å². The molecule has 0 aliphatic heterocycles. The van der Waals surface area contributed by atoms with Gasteiger partial charge in [-0.3, -0.25) is 19.2 Å². The van der Waals surface area contributed by atoms with Crippen LogP contribution in [-0.4, -0.2) is 118 Å². The minimum absolute atomic E-state index is 0.000446. The maximum Gasteiger partial charge on any atom is 0.315 e. The largest absolute Gasteiger partial charge is 0.381 e. The van der Waals surface area contributed by atoms with E-state index in [1.807, 2.05) is 34.6 Å². The number of Topliss-reactive ketones (excluding diaryl/α,β-unsaturated/α-hetero) is 3. The maximum absolute atomic E-state index is 13.0. The van der Waals surface area contributed by atoms with E-state index >= 15 is 0 Å². The van der Waals surface area contributed by atoms with Crippen molar-refractivity contribution < 1.29 is 42.9 Å². The summed E-state index contributed by atoms with van der Waals surface area (Å²) in [6.07, 6.45) is 6.13. The fourth-order valence-corrected chi connectivity index (χ4v) is 9.23. The zero-order valence-corrected chi connectivity index (χ0v) is 36.6. The number of ketones is 3. The fourth-order valence-electron chi connectivity index (χ4n) is 6.91. The molecule has 1 aliphatic carbocycles. The molecule has 7 atom stereocenters. The van der Waals surface area contributed by atoms with Gasteiger partial charge in [0.2, 0.25) is 5.78 Å². The Labute approximate surface area is 333 Å². The van der Waals surface area contributed by atoms with Crippen LogP contribution >= 0.6 is 20.3 Å². The van der Waals surface area contributed by atoms with E-state index in [0.717, 1.165) is 31.4 Å². The molecule has 1 rings (SSSR count). The van der Waals surface area contributed by atoms with E-state index < -0.39 is 20.2 Å². The summed E-state index contributed by atoms with van der Waals surface area (Å²) in [5.74, 6) is 0.0948. The van der Waals surface area contributed by atoms with Crippen molar-refractivity contribution in [3.8, 4) is 0 Å². The quantitative estimate of drug-likeness (QED) is 0.0412. The van der Waals surface area contributed by atoms with Gasteiger partial charge >= 0.3 is 6.03 Å². The van der Waals surface area contributed by atoms with Crippen molar-refractivity contribution in [3.63, 3.8) is 0 Å². The molecule has 0 aromatic carbocycles. The van der Waals surface area contributed by atoms with E-state index in [0.29, 0.717) is 77.0 Å². The molecule has 0 aromatic rings. The molecule has 314 valence electrons. The Morgan fingerprint density at radius 3 is 2.26 bits per heavy atom. The van der Waals surface area contributed by atoms with Crippen LogP contribution in [-0.2, 0) is 38.1 Å². The number of nitrogens with one attached hydrogen (secondary N) is 3. The topological polar surface area (TPSA) is 158 Å². The summed E-state index contributed by atoms with van der Waals surface area (Å²) in [4.78, 5) is 61.5. The number of amides is 3. The van der Waals surface area contributed by atoms with E-state index in [9.17, 15) is 24.0 Å². The van der Waals surface area contributed by atoms with Gasteiger partial charge in [0.15, 0.2) is 0 Å². The van der Waals surface area contributed by atoms with Crippen molar-refractivity contribution >= 4 is 49.6 Å². The Morgan fingerprint density at radius 1 is 0.852 bits per heavy atom. The first-order chi connectivity index (χ1) is 25.9. The van der Waals surface area contributed by atoms with Crippen molar-refractivity contribution in [2.75, 3.05) is 63.7 Å². The zero-order chi connectivity index (χ0) is 41.4. The van der Waals surface area contributed by atoms with Gasteiger partial charge in [-0.05, 0) is 76.3 Å². The lowest BCUT2D eigenvalue weighted by Gasteiger charge is -2.47. The number of rotatable bonds is 31. The maximum atomic E-state index is 13.0. The molecular formula is C40H74N3O9PS. The second kappa shape index (κ2) is 27.9. The lowest BCUT2D eigenvalue weighted by molar-refractivity contribution is -0.139. The van der Waals surface area contributed by atoms with Gasteiger partial charge in [0.05, 0.1) is 46.5 Å². The number of hydrogen-bond acceptors (Lipinski definition) is 10. The van der Waals surface area contributed by atoms with Crippen LogP contribution < -0.4 is 16.0 Å². The summed E-state index contributed by atoms with van der Waals surface area (Å²) in [5.41, 5.74) is 0.682. The average Bonchev–Trinajstić information content (AvgIpc) is 3.09. The van der Waals surface area contributed by atoms with Crippen molar-refractivity contribution in [2.24, 2.45) is 16.7 Å². The van der Waals surface area contributed by atoms with Crippen LogP contribution in [0.3, 0.4) is 0 Å². The molecule has 0 aromatic heterocycles. The van der Waals surface area contributed by atoms with E-state index in [2.05, 4.69) is 36.7 Å². The lowest BCUT2D eigenvalue weighted by Crippen LogP contribution is -2.51. The third kappa shape index (κ3) is 24.8. The number of ether oxygens (including phenoxy) is 4. The first-order valence-corrected chi connectivity index (χ1v) is 22.4. The predicted molar refractivity (Wildman–Crippen MR) is 220 cm³/mol. The number of carbonyl (C=O) groups is 5. The first-order valence-electron chi connectivity index (χ1n) is 20.4. The highest BCUT2D eigenvalue weighted by Gasteiger charge is 2.41. The highest BCUT2D eigenvalue weighted by Crippen LogP contribution is 2.48. The summed E-state index contributed by atoms with van der Waals surface area (Å²) < 4.78 is 30.7. The molecule has 1 fully saturated rings. The van der Waals surface area contributed by atoms with Gasteiger partial charge in [0, 0.05) is 68.6 Å². The fraction of sp³-hybridized carbons (Fsp3) is 0.875. The van der Waals surface area contributed by atoms with Gasteiger partial charge in [-0.1, -0.05) is 34.6 Å². The molecule has 3 amide bonds. The van der Waals surface area contributed by atoms with Gasteiger partial charge in [0.25, 0.3) is 5.91 Å². The van der Waals surface area contributed by atoms with Crippen LogP contribution in [0, 0.1) is 16.7 Å². The van der Waals surface area contributed by atoms with E-state index in [1.54, 1.807) is 18.7 Å². The standard InChI is InChI=1S/C40H74N3O9PS/c1-10-34(44)13-18-53-28-54-19-14-35(45)12-15-40(9)22-33(21-39(7,8)27-40)43-38(48)42-31(5)25-51-26-32(6)52-17-16-50-24-30(4)41-37(47)36(46)20-29(3)23-49-11-2/h29-33,53H,10-28H2,1-9H3,(H,41,47)(H2,42,43,48)/i53D. The smallest absolute Gasteiger partial charge is 0.315 e. The summed E-state index contributed by atoms with van der Waals surface area (Å²) in [6.45, 7) is 20.5.